The maximum absolute atomic E-state index is 14.4. The van der Waals surface area contributed by atoms with Crippen LogP contribution in [0.5, 0.6) is 0 Å². The van der Waals surface area contributed by atoms with Crippen molar-refractivity contribution >= 4 is 44.9 Å². The zero-order valence-electron chi connectivity index (χ0n) is 30.3. The molecule has 0 saturated heterocycles. The highest BCUT2D eigenvalue weighted by Crippen LogP contribution is 2.33. The molecule has 52 heavy (non-hydrogen) atoms. The van der Waals surface area contributed by atoms with Gasteiger partial charge in [0, 0.05) is 12.5 Å². The molecule has 1 heterocycles. The van der Waals surface area contributed by atoms with Crippen LogP contribution in [-0.4, -0.2) is 71.6 Å². The van der Waals surface area contributed by atoms with Gasteiger partial charge in [-0.25, -0.2) is 33.4 Å². The number of amides is 3. The van der Waals surface area contributed by atoms with Crippen molar-refractivity contribution < 1.29 is 37.4 Å². The number of nitrogens with one attached hydrogen (secondary N) is 4. The molecule has 0 saturated carbocycles. The molecule has 3 amide bonds. The van der Waals surface area contributed by atoms with E-state index in [0.29, 0.717) is 29.4 Å². The predicted octanol–water partition coefficient (Wildman–Crippen LogP) is 5.69. The number of aromatic nitrogens is 2. The van der Waals surface area contributed by atoms with E-state index in [0.717, 1.165) is 5.56 Å². The van der Waals surface area contributed by atoms with Gasteiger partial charge in [0.15, 0.2) is 9.84 Å². The number of rotatable bonds is 14. The molecule has 0 bridgehead atoms. The van der Waals surface area contributed by atoms with Crippen LogP contribution in [0.1, 0.15) is 64.8 Å². The highest BCUT2D eigenvalue weighted by atomic mass is 32.2. The van der Waals surface area contributed by atoms with Gasteiger partial charge in [-0.05, 0) is 48.1 Å². The Hall–Kier alpha value is -4.99. The van der Waals surface area contributed by atoms with Gasteiger partial charge in [-0.2, -0.15) is 0 Å². The van der Waals surface area contributed by atoms with Crippen LogP contribution in [0.3, 0.4) is 0 Å². The van der Waals surface area contributed by atoms with Crippen molar-refractivity contribution in [1.29, 1.82) is 0 Å². The fourth-order valence-electron chi connectivity index (χ4n) is 5.73. The molecule has 0 unspecified atom stereocenters. The van der Waals surface area contributed by atoms with Gasteiger partial charge >= 0.3 is 12.2 Å². The first kappa shape index (κ1) is 39.8. The highest BCUT2D eigenvalue weighted by molar-refractivity contribution is 7.91. The quantitative estimate of drug-likeness (QED) is 0.0794. The van der Waals surface area contributed by atoms with E-state index >= 15 is 0 Å². The van der Waals surface area contributed by atoms with E-state index in [2.05, 4.69) is 30.8 Å². The Balaban J connectivity index is 1.61. The zero-order chi connectivity index (χ0) is 38.1. The molecule has 280 valence electrons. The number of hydrogen-bond donors (Lipinski definition) is 5. The first-order valence-corrected chi connectivity index (χ1v) is 18.6. The number of hydrogen-bond acceptors (Lipinski definition) is 10. The predicted molar refractivity (Wildman–Crippen MR) is 196 cm³/mol. The molecular weight excluding hydrogens is 689 g/mol. The topological polar surface area (TPSA) is 192 Å². The largest absolute Gasteiger partial charge is 0.453 e. The average Bonchev–Trinajstić information content (AvgIpc) is 3.50. The summed E-state index contributed by atoms with van der Waals surface area (Å²) < 4.78 is 37.3. The van der Waals surface area contributed by atoms with Gasteiger partial charge in [-0.1, -0.05) is 94.8 Å². The SMILES string of the molecule is CCC[C@H](C(=O)N(NC(=O)OCc1ccccc1)[C@H](NC[C@@](C)(O)CS(=O)(=O)c1ccc2nc(NC(=O)OC)[nH]c2c1)c1ccccc1)C(C)(C)C. The highest BCUT2D eigenvalue weighted by Gasteiger charge is 2.39. The number of aromatic amines is 1. The minimum atomic E-state index is -4.09. The first-order valence-electron chi connectivity index (χ1n) is 16.9. The Kier molecular flexibility index (Phi) is 13.0. The Morgan fingerprint density at radius 2 is 1.62 bits per heavy atom. The van der Waals surface area contributed by atoms with E-state index in [1.807, 2.05) is 58.0 Å². The number of nitrogens with zero attached hydrogens (tertiary/aromatic N) is 2. The van der Waals surface area contributed by atoms with Gasteiger partial charge in [0.05, 0.1) is 34.4 Å². The monoisotopic (exact) mass is 736 g/mol. The summed E-state index contributed by atoms with van der Waals surface area (Å²) in [7, 11) is -2.89. The summed E-state index contributed by atoms with van der Waals surface area (Å²) in [5.41, 5.74) is 2.40. The number of benzene rings is 3. The summed E-state index contributed by atoms with van der Waals surface area (Å²) in [5, 5.41) is 18.3. The molecule has 0 spiro atoms. The summed E-state index contributed by atoms with van der Waals surface area (Å²) in [6.07, 6.45) is -1.39. The molecule has 1 aromatic heterocycles. The van der Waals surface area contributed by atoms with Crippen molar-refractivity contribution in [2.24, 2.45) is 11.3 Å². The summed E-state index contributed by atoms with van der Waals surface area (Å²) in [4.78, 5) is 46.3. The Morgan fingerprint density at radius 3 is 2.23 bits per heavy atom. The number of sulfone groups is 1. The van der Waals surface area contributed by atoms with Gasteiger partial charge < -0.3 is 19.6 Å². The van der Waals surface area contributed by atoms with E-state index in [9.17, 15) is 27.9 Å². The average molecular weight is 737 g/mol. The molecular formula is C37H48N6O8S. The van der Waals surface area contributed by atoms with Gasteiger partial charge in [0.25, 0.3) is 0 Å². The summed E-state index contributed by atoms with van der Waals surface area (Å²) in [6, 6.07) is 22.2. The lowest BCUT2D eigenvalue weighted by Gasteiger charge is -2.39. The molecule has 0 aliphatic rings. The van der Waals surface area contributed by atoms with Crippen molar-refractivity contribution in [1.82, 2.24) is 25.7 Å². The fraction of sp³-hybridized carbons (Fsp3) is 0.405. The summed E-state index contributed by atoms with van der Waals surface area (Å²) in [6.45, 7) is 8.87. The molecule has 14 nitrogen and oxygen atoms in total. The van der Waals surface area contributed by atoms with E-state index in [4.69, 9.17) is 4.74 Å². The van der Waals surface area contributed by atoms with Gasteiger partial charge in [-0.15, -0.1) is 0 Å². The summed E-state index contributed by atoms with van der Waals surface area (Å²) in [5.74, 6) is -1.51. The Morgan fingerprint density at radius 1 is 0.962 bits per heavy atom. The van der Waals surface area contributed by atoms with Crippen LogP contribution in [0.25, 0.3) is 11.0 Å². The third-order valence-corrected chi connectivity index (χ3v) is 10.3. The number of H-pyrrole nitrogens is 1. The first-order chi connectivity index (χ1) is 24.5. The normalized spacial score (nSPS) is 14.1. The molecule has 3 aromatic carbocycles. The molecule has 4 rings (SSSR count). The number of carbonyl (C=O) groups is 3. The van der Waals surface area contributed by atoms with Crippen LogP contribution >= 0.6 is 0 Å². The number of hydrazine groups is 1. The molecule has 3 atom stereocenters. The Labute approximate surface area is 304 Å². The van der Waals surface area contributed by atoms with Crippen LogP contribution in [0.4, 0.5) is 15.5 Å². The lowest BCUT2D eigenvalue weighted by Crippen LogP contribution is -2.57. The minimum absolute atomic E-state index is 0.0319. The number of ether oxygens (including phenoxy) is 2. The second-order valence-electron chi connectivity index (χ2n) is 13.9. The number of carbonyl (C=O) groups excluding carboxylic acids is 3. The van der Waals surface area contributed by atoms with Crippen molar-refractivity contribution in [3.8, 4) is 0 Å². The van der Waals surface area contributed by atoms with Crippen LogP contribution in [0.2, 0.25) is 0 Å². The molecule has 0 radical (unpaired) electrons. The van der Waals surface area contributed by atoms with Crippen LogP contribution in [0.15, 0.2) is 83.8 Å². The minimum Gasteiger partial charge on any atom is -0.453 e. The molecule has 0 fully saturated rings. The molecule has 15 heteroatoms. The lowest BCUT2D eigenvalue weighted by atomic mass is 9.77. The van der Waals surface area contributed by atoms with E-state index in [1.165, 1.54) is 37.2 Å². The second-order valence-corrected chi connectivity index (χ2v) is 15.9. The standard InChI is InChI=1S/C37H48N6O8S/c1-7-14-28(36(2,3)4)32(44)43(42-35(46)51-22-25-15-10-8-11-16-25)31(26-17-12-9-13-18-26)38-23-37(5,47)24-52(48,49)27-19-20-29-30(21-27)40-33(39-29)41-34(45)50-6/h8-13,15-21,28,31,38,47H,7,14,22-24H2,1-6H3,(H,42,46)(H2,39,40,41,45)/t28-,31+,37-/m1/s1. The van der Waals surface area contributed by atoms with Crippen molar-refractivity contribution in [3.63, 3.8) is 0 Å². The number of imidazole rings is 1. The van der Waals surface area contributed by atoms with Crippen molar-refractivity contribution in [2.45, 2.75) is 70.7 Å². The third kappa shape index (κ3) is 10.8. The smallest absolute Gasteiger partial charge is 0.426 e. The number of methoxy groups -OCH3 is 1. The molecule has 0 aliphatic carbocycles. The van der Waals surface area contributed by atoms with E-state index in [1.54, 1.807) is 30.3 Å². The lowest BCUT2D eigenvalue weighted by molar-refractivity contribution is -0.147. The van der Waals surface area contributed by atoms with Crippen LogP contribution in [0, 0.1) is 11.3 Å². The molecule has 5 N–H and O–H groups in total. The second kappa shape index (κ2) is 17.0. The molecule has 4 aromatic rings. The molecule has 0 aliphatic heterocycles. The number of aliphatic hydroxyl groups is 1. The van der Waals surface area contributed by atoms with Gasteiger partial charge in [-0.3, -0.25) is 15.4 Å². The van der Waals surface area contributed by atoms with Crippen LogP contribution < -0.4 is 16.1 Å². The van der Waals surface area contributed by atoms with Crippen molar-refractivity contribution in [3.05, 3.63) is 90.0 Å². The van der Waals surface area contributed by atoms with E-state index < -0.39 is 50.9 Å². The maximum atomic E-state index is 14.4. The summed E-state index contributed by atoms with van der Waals surface area (Å²) >= 11 is 0. The maximum Gasteiger partial charge on any atom is 0.426 e. The van der Waals surface area contributed by atoms with Crippen LogP contribution in [-0.2, 0) is 30.7 Å². The van der Waals surface area contributed by atoms with Gasteiger partial charge in [0.2, 0.25) is 11.9 Å². The zero-order valence-corrected chi connectivity index (χ0v) is 31.1. The number of anilines is 1. The van der Waals surface area contributed by atoms with E-state index in [-0.39, 0.29) is 29.9 Å². The van der Waals surface area contributed by atoms with Crippen molar-refractivity contribution in [2.75, 3.05) is 24.7 Å². The third-order valence-electron chi connectivity index (χ3n) is 8.35. The number of fused-ring (bicyclic) bond motifs is 1. The van der Waals surface area contributed by atoms with Gasteiger partial charge in [0.1, 0.15) is 12.8 Å². The Bertz CT molecular complexity index is 1930. The fourth-order valence-corrected chi connectivity index (χ4v) is 7.39.